The molecule has 0 aliphatic carbocycles. The summed E-state index contributed by atoms with van der Waals surface area (Å²) < 4.78 is 0. The van der Waals surface area contributed by atoms with Crippen molar-refractivity contribution >= 4 is 11.6 Å². The number of aromatic nitrogens is 2. The average molecular weight is 312 g/mol. The third kappa shape index (κ3) is 5.06. The molecule has 0 aliphatic rings. The lowest BCUT2D eigenvalue weighted by Gasteiger charge is -2.21. The SMILES string of the molecule is CCCN(CCC)C(=O)c1cc(NCc2cccnc2)ccn1. The highest BCUT2D eigenvalue weighted by atomic mass is 16.2. The second-order valence-corrected chi connectivity index (χ2v) is 5.44. The fraction of sp³-hybridized carbons (Fsp3) is 0.389. The van der Waals surface area contributed by atoms with Crippen LogP contribution in [0.15, 0.2) is 42.9 Å². The maximum absolute atomic E-state index is 12.6. The smallest absolute Gasteiger partial charge is 0.272 e. The van der Waals surface area contributed by atoms with Crippen LogP contribution in [0.4, 0.5) is 5.69 Å². The number of hydrogen-bond donors (Lipinski definition) is 1. The van der Waals surface area contributed by atoms with Crippen LogP contribution in [0.2, 0.25) is 0 Å². The lowest BCUT2D eigenvalue weighted by Crippen LogP contribution is -2.33. The molecule has 0 fully saturated rings. The molecule has 0 aliphatic heterocycles. The zero-order valence-corrected chi connectivity index (χ0v) is 13.8. The largest absolute Gasteiger partial charge is 0.381 e. The summed E-state index contributed by atoms with van der Waals surface area (Å²) in [4.78, 5) is 22.8. The maximum atomic E-state index is 12.6. The molecule has 1 amide bonds. The molecule has 1 N–H and O–H groups in total. The van der Waals surface area contributed by atoms with E-state index in [1.165, 1.54) is 0 Å². The van der Waals surface area contributed by atoms with E-state index in [0.717, 1.165) is 37.2 Å². The Balaban J connectivity index is 2.04. The van der Waals surface area contributed by atoms with Gasteiger partial charge in [0.25, 0.3) is 5.91 Å². The highest BCUT2D eigenvalue weighted by molar-refractivity contribution is 5.93. The Hall–Kier alpha value is -2.43. The van der Waals surface area contributed by atoms with Gasteiger partial charge in [0.2, 0.25) is 0 Å². The number of amides is 1. The first-order chi connectivity index (χ1) is 11.2. The zero-order valence-electron chi connectivity index (χ0n) is 13.8. The van der Waals surface area contributed by atoms with Crippen molar-refractivity contribution in [3.63, 3.8) is 0 Å². The van der Waals surface area contributed by atoms with Crippen LogP contribution in [-0.2, 0) is 6.54 Å². The first-order valence-corrected chi connectivity index (χ1v) is 8.12. The van der Waals surface area contributed by atoms with Crippen LogP contribution in [0.1, 0.15) is 42.7 Å². The van der Waals surface area contributed by atoms with Crippen molar-refractivity contribution in [3.05, 3.63) is 54.1 Å². The van der Waals surface area contributed by atoms with E-state index in [9.17, 15) is 4.79 Å². The molecule has 2 rings (SSSR count). The summed E-state index contributed by atoms with van der Waals surface area (Å²) in [5.74, 6) is -0.00118. The number of anilines is 1. The topological polar surface area (TPSA) is 58.1 Å². The van der Waals surface area contributed by atoms with Gasteiger partial charge in [-0.15, -0.1) is 0 Å². The summed E-state index contributed by atoms with van der Waals surface area (Å²) in [6, 6.07) is 7.61. The molecule has 0 saturated heterocycles. The van der Waals surface area contributed by atoms with E-state index < -0.39 is 0 Å². The van der Waals surface area contributed by atoms with Gasteiger partial charge in [0, 0.05) is 43.9 Å². The van der Waals surface area contributed by atoms with Gasteiger partial charge in [-0.25, -0.2) is 0 Å². The quantitative estimate of drug-likeness (QED) is 0.812. The Morgan fingerprint density at radius 3 is 2.61 bits per heavy atom. The Labute approximate surface area is 137 Å². The lowest BCUT2D eigenvalue weighted by molar-refractivity contribution is 0.0749. The zero-order chi connectivity index (χ0) is 16.5. The van der Waals surface area contributed by atoms with Gasteiger partial charge in [0.15, 0.2) is 0 Å². The van der Waals surface area contributed by atoms with E-state index in [1.807, 2.05) is 35.4 Å². The Bertz CT molecular complexity index is 609. The minimum atomic E-state index is -0.00118. The summed E-state index contributed by atoms with van der Waals surface area (Å²) in [7, 11) is 0. The van der Waals surface area contributed by atoms with E-state index in [-0.39, 0.29) is 5.91 Å². The summed E-state index contributed by atoms with van der Waals surface area (Å²) in [5, 5.41) is 3.31. The molecule has 0 atom stereocenters. The van der Waals surface area contributed by atoms with Crippen molar-refractivity contribution in [2.75, 3.05) is 18.4 Å². The van der Waals surface area contributed by atoms with E-state index in [1.54, 1.807) is 12.4 Å². The molecule has 0 spiro atoms. The molecule has 0 radical (unpaired) electrons. The second-order valence-electron chi connectivity index (χ2n) is 5.44. The molecule has 0 unspecified atom stereocenters. The van der Waals surface area contributed by atoms with Crippen LogP contribution in [0.5, 0.6) is 0 Å². The predicted molar refractivity (Wildman–Crippen MR) is 92.3 cm³/mol. The van der Waals surface area contributed by atoms with Gasteiger partial charge in [-0.05, 0) is 36.6 Å². The first kappa shape index (κ1) is 16.9. The number of rotatable bonds is 8. The fourth-order valence-corrected chi connectivity index (χ4v) is 2.38. The van der Waals surface area contributed by atoms with Crippen LogP contribution in [0, 0.1) is 0 Å². The van der Waals surface area contributed by atoms with Crippen LogP contribution >= 0.6 is 0 Å². The number of carbonyl (C=O) groups is 1. The van der Waals surface area contributed by atoms with Crippen molar-refractivity contribution in [1.82, 2.24) is 14.9 Å². The van der Waals surface area contributed by atoms with Gasteiger partial charge in [0.1, 0.15) is 5.69 Å². The van der Waals surface area contributed by atoms with Crippen molar-refractivity contribution in [1.29, 1.82) is 0 Å². The maximum Gasteiger partial charge on any atom is 0.272 e. The molecule has 2 aromatic rings. The third-order valence-corrected chi connectivity index (χ3v) is 3.47. The number of nitrogens with one attached hydrogen (secondary N) is 1. The summed E-state index contributed by atoms with van der Waals surface area (Å²) in [6.45, 7) is 6.35. The molecule has 5 heteroatoms. The predicted octanol–water partition coefficient (Wildman–Crippen LogP) is 3.35. The van der Waals surface area contributed by atoms with Crippen LogP contribution in [0.3, 0.4) is 0 Å². The van der Waals surface area contributed by atoms with Crippen molar-refractivity contribution in [2.24, 2.45) is 0 Å². The van der Waals surface area contributed by atoms with Gasteiger partial charge in [-0.1, -0.05) is 19.9 Å². The van der Waals surface area contributed by atoms with E-state index >= 15 is 0 Å². The molecule has 2 heterocycles. The standard InChI is InChI=1S/C18H24N4O/c1-3-10-22(11-4-2)18(23)17-12-16(7-9-20-17)21-14-15-6-5-8-19-13-15/h5-9,12-13H,3-4,10-11,14H2,1-2H3,(H,20,21). The lowest BCUT2D eigenvalue weighted by atomic mass is 10.2. The normalized spacial score (nSPS) is 10.3. The highest BCUT2D eigenvalue weighted by Crippen LogP contribution is 2.12. The Morgan fingerprint density at radius 1 is 1.17 bits per heavy atom. The fourth-order valence-electron chi connectivity index (χ4n) is 2.38. The molecule has 0 bridgehead atoms. The van der Waals surface area contributed by atoms with E-state index in [2.05, 4.69) is 29.1 Å². The van der Waals surface area contributed by atoms with Gasteiger partial charge in [0.05, 0.1) is 0 Å². The molecular formula is C18H24N4O. The monoisotopic (exact) mass is 312 g/mol. The molecule has 23 heavy (non-hydrogen) atoms. The van der Waals surface area contributed by atoms with Gasteiger partial charge in [-0.2, -0.15) is 0 Å². The van der Waals surface area contributed by atoms with Crippen molar-refractivity contribution < 1.29 is 4.79 Å². The second kappa shape index (κ2) is 8.88. The van der Waals surface area contributed by atoms with Crippen molar-refractivity contribution in [2.45, 2.75) is 33.2 Å². The number of carbonyl (C=O) groups excluding carboxylic acids is 1. The minimum Gasteiger partial charge on any atom is -0.381 e. The summed E-state index contributed by atoms with van der Waals surface area (Å²) >= 11 is 0. The van der Waals surface area contributed by atoms with Crippen LogP contribution < -0.4 is 5.32 Å². The van der Waals surface area contributed by atoms with Crippen molar-refractivity contribution in [3.8, 4) is 0 Å². The Morgan fingerprint density at radius 2 is 1.96 bits per heavy atom. The first-order valence-electron chi connectivity index (χ1n) is 8.12. The minimum absolute atomic E-state index is 0.00118. The number of pyridine rings is 2. The average Bonchev–Trinajstić information content (AvgIpc) is 2.60. The van der Waals surface area contributed by atoms with Gasteiger partial charge < -0.3 is 10.2 Å². The molecule has 0 aromatic carbocycles. The van der Waals surface area contributed by atoms with E-state index in [0.29, 0.717) is 12.2 Å². The number of nitrogens with zero attached hydrogens (tertiary/aromatic N) is 3. The summed E-state index contributed by atoms with van der Waals surface area (Å²) in [5.41, 5.74) is 2.47. The Kier molecular flexibility index (Phi) is 6.54. The van der Waals surface area contributed by atoms with Gasteiger partial charge in [-0.3, -0.25) is 14.8 Å². The van der Waals surface area contributed by atoms with Crippen LogP contribution in [-0.4, -0.2) is 33.9 Å². The summed E-state index contributed by atoms with van der Waals surface area (Å²) in [6.07, 6.45) is 7.15. The van der Waals surface area contributed by atoms with E-state index in [4.69, 9.17) is 0 Å². The molecular weight excluding hydrogens is 288 g/mol. The molecule has 122 valence electrons. The third-order valence-electron chi connectivity index (χ3n) is 3.47. The molecule has 2 aromatic heterocycles. The van der Waals surface area contributed by atoms with Crippen LogP contribution in [0.25, 0.3) is 0 Å². The molecule has 5 nitrogen and oxygen atoms in total. The molecule has 0 saturated carbocycles. The number of hydrogen-bond acceptors (Lipinski definition) is 4. The highest BCUT2D eigenvalue weighted by Gasteiger charge is 2.15. The van der Waals surface area contributed by atoms with Gasteiger partial charge >= 0.3 is 0 Å².